The number of nitrogens with one attached hydrogen (secondary N) is 1. The standard InChI is InChI=1S/C15H19FN2O3/c1-20-11-2-3-12(16)13(8-11)17-14(19)18-6-4-15(9-18)5-7-21-10-15/h2-3,8H,4-7,9-10H2,1H3,(H,17,19)/t15-/m1/s1. The van der Waals surface area contributed by atoms with Crippen molar-refractivity contribution in [1.29, 1.82) is 0 Å². The molecular weight excluding hydrogens is 275 g/mol. The normalized spacial score (nSPS) is 24.6. The fourth-order valence-electron chi connectivity index (χ4n) is 3.00. The lowest BCUT2D eigenvalue weighted by Gasteiger charge is -2.22. The van der Waals surface area contributed by atoms with Crippen LogP contribution in [0.3, 0.4) is 0 Å². The van der Waals surface area contributed by atoms with Gasteiger partial charge < -0.3 is 19.7 Å². The summed E-state index contributed by atoms with van der Waals surface area (Å²) in [6.45, 7) is 2.83. The number of halogens is 1. The van der Waals surface area contributed by atoms with Crippen molar-refractivity contribution in [1.82, 2.24) is 4.90 Å². The Labute approximate surface area is 123 Å². The third-order valence-corrected chi connectivity index (χ3v) is 4.33. The van der Waals surface area contributed by atoms with Crippen LogP contribution in [0.15, 0.2) is 18.2 Å². The predicted molar refractivity (Wildman–Crippen MR) is 76.0 cm³/mol. The van der Waals surface area contributed by atoms with Crippen LogP contribution in [0, 0.1) is 11.2 Å². The van der Waals surface area contributed by atoms with Gasteiger partial charge in [0.2, 0.25) is 0 Å². The van der Waals surface area contributed by atoms with E-state index in [-0.39, 0.29) is 17.1 Å². The van der Waals surface area contributed by atoms with Crippen LogP contribution >= 0.6 is 0 Å². The molecule has 5 nitrogen and oxygen atoms in total. The summed E-state index contributed by atoms with van der Waals surface area (Å²) >= 11 is 0. The molecule has 2 aliphatic rings. The van der Waals surface area contributed by atoms with E-state index in [1.54, 1.807) is 4.90 Å². The monoisotopic (exact) mass is 294 g/mol. The highest BCUT2D eigenvalue weighted by Crippen LogP contribution is 2.38. The molecule has 6 heteroatoms. The number of benzene rings is 1. The molecule has 2 aliphatic heterocycles. The van der Waals surface area contributed by atoms with Crippen LogP contribution in [0.25, 0.3) is 0 Å². The molecule has 1 atom stereocenters. The van der Waals surface area contributed by atoms with Crippen molar-refractivity contribution in [2.24, 2.45) is 5.41 Å². The molecule has 0 saturated carbocycles. The van der Waals surface area contributed by atoms with Gasteiger partial charge in [-0.3, -0.25) is 0 Å². The zero-order chi connectivity index (χ0) is 14.9. The molecule has 1 N–H and O–H groups in total. The number of methoxy groups -OCH3 is 1. The Balaban J connectivity index is 1.67. The topological polar surface area (TPSA) is 50.8 Å². The Bertz CT molecular complexity index is 544. The average Bonchev–Trinajstić information content (AvgIpc) is 3.12. The molecule has 114 valence electrons. The number of urea groups is 1. The SMILES string of the molecule is COc1ccc(F)c(NC(=O)N2CC[C@@]3(CCOC3)C2)c1. The Morgan fingerprint density at radius 2 is 2.33 bits per heavy atom. The molecule has 1 spiro atoms. The summed E-state index contributed by atoms with van der Waals surface area (Å²) in [6.07, 6.45) is 1.94. The van der Waals surface area contributed by atoms with E-state index in [0.29, 0.717) is 25.4 Å². The second-order valence-electron chi connectivity index (χ2n) is 5.75. The van der Waals surface area contributed by atoms with Gasteiger partial charge in [-0.05, 0) is 25.0 Å². The number of rotatable bonds is 2. The quantitative estimate of drug-likeness (QED) is 0.911. The number of nitrogens with zero attached hydrogens (tertiary/aromatic N) is 1. The van der Waals surface area contributed by atoms with Gasteiger partial charge in [0.25, 0.3) is 0 Å². The van der Waals surface area contributed by atoms with Crippen LogP contribution in [0.1, 0.15) is 12.8 Å². The number of hydrogen-bond donors (Lipinski definition) is 1. The van der Waals surface area contributed by atoms with Gasteiger partial charge in [-0.15, -0.1) is 0 Å². The molecule has 1 aromatic rings. The molecule has 2 fully saturated rings. The van der Waals surface area contributed by atoms with Crippen molar-refractivity contribution in [2.45, 2.75) is 12.8 Å². The first-order valence-electron chi connectivity index (χ1n) is 7.09. The molecule has 1 aromatic carbocycles. The van der Waals surface area contributed by atoms with E-state index >= 15 is 0 Å². The highest BCUT2D eigenvalue weighted by atomic mass is 19.1. The Hall–Kier alpha value is -1.82. The van der Waals surface area contributed by atoms with Gasteiger partial charge in [-0.2, -0.15) is 0 Å². The fraction of sp³-hybridized carbons (Fsp3) is 0.533. The van der Waals surface area contributed by atoms with E-state index in [1.807, 2.05) is 0 Å². The first-order valence-corrected chi connectivity index (χ1v) is 7.09. The van der Waals surface area contributed by atoms with Gasteiger partial charge in [0.15, 0.2) is 0 Å². The summed E-state index contributed by atoms with van der Waals surface area (Å²) in [7, 11) is 1.50. The highest BCUT2D eigenvalue weighted by Gasteiger charge is 2.42. The summed E-state index contributed by atoms with van der Waals surface area (Å²) in [5.41, 5.74) is 0.243. The van der Waals surface area contributed by atoms with Gasteiger partial charge in [-0.25, -0.2) is 9.18 Å². The van der Waals surface area contributed by atoms with Crippen LogP contribution in [-0.2, 0) is 4.74 Å². The predicted octanol–water partition coefficient (Wildman–Crippen LogP) is 2.48. The van der Waals surface area contributed by atoms with E-state index in [0.717, 1.165) is 19.4 Å². The molecule has 0 aliphatic carbocycles. The summed E-state index contributed by atoms with van der Waals surface area (Å²) in [4.78, 5) is 14.0. The van der Waals surface area contributed by atoms with Gasteiger partial charge >= 0.3 is 6.03 Å². The highest BCUT2D eigenvalue weighted by molar-refractivity contribution is 5.90. The second-order valence-corrected chi connectivity index (χ2v) is 5.75. The molecule has 2 amide bonds. The van der Waals surface area contributed by atoms with Crippen LogP contribution < -0.4 is 10.1 Å². The summed E-state index contributed by atoms with van der Waals surface area (Å²) in [5, 5.41) is 2.62. The molecule has 2 heterocycles. The fourth-order valence-corrected chi connectivity index (χ4v) is 3.00. The van der Waals surface area contributed by atoms with Gasteiger partial charge in [-0.1, -0.05) is 0 Å². The van der Waals surface area contributed by atoms with Crippen molar-refractivity contribution >= 4 is 11.7 Å². The second kappa shape index (κ2) is 5.52. The lowest BCUT2D eigenvalue weighted by Crippen LogP contribution is -2.35. The lowest BCUT2D eigenvalue weighted by atomic mass is 9.87. The third kappa shape index (κ3) is 2.81. The average molecular weight is 294 g/mol. The van der Waals surface area contributed by atoms with Crippen LogP contribution in [0.5, 0.6) is 5.75 Å². The molecule has 21 heavy (non-hydrogen) atoms. The van der Waals surface area contributed by atoms with E-state index in [9.17, 15) is 9.18 Å². The largest absolute Gasteiger partial charge is 0.497 e. The maximum absolute atomic E-state index is 13.7. The van der Waals surface area contributed by atoms with E-state index < -0.39 is 5.82 Å². The number of anilines is 1. The minimum Gasteiger partial charge on any atom is -0.497 e. The van der Waals surface area contributed by atoms with Crippen molar-refractivity contribution in [3.05, 3.63) is 24.0 Å². The molecule has 0 bridgehead atoms. The van der Waals surface area contributed by atoms with E-state index in [1.165, 1.54) is 25.3 Å². The van der Waals surface area contributed by atoms with Gasteiger partial charge in [0, 0.05) is 31.2 Å². The molecular formula is C15H19FN2O3. The number of amides is 2. The number of hydrogen-bond acceptors (Lipinski definition) is 3. The third-order valence-electron chi connectivity index (χ3n) is 4.33. The van der Waals surface area contributed by atoms with E-state index in [4.69, 9.17) is 9.47 Å². The van der Waals surface area contributed by atoms with Crippen molar-refractivity contribution < 1.29 is 18.7 Å². The molecule has 0 aromatic heterocycles. The Morgan fingerprint density at radius 3 is 3.05 bits per heavy atom. The first kappa shape index (κ1) is 14.1. The number of carbonyl (C=O) groups is 1. The maximum atomic E-state index is 13.7. The molecule has 0 unspecified atom stereocenters. The van der Waals surface area contributed by atoms with Crippen LogP contribution in [-0.4, -0.2) is 44.3 Å². The number of likely N-dealkylation sites (tertiary alicyclic amines) is 1. The number of ether oxygens (including phenoxy) is 2. The summed E-state index contributed by atoms with van der Waals surface area (Å²) < 4.78 is 24.2. The Kier molecular flexibility index (Phi) is 3.71. The van der Waals surface area contributed by atoms with Crippen molar-refractivity contribution in [3.8, 4) is 5.75 Å². The summed E-state index contributed by atoms with van der Waals surface area (Å²) in [6, 6.07) is 4.01. The van der Waals surface area contributed by atoms with Crippen molar-refractivity contribution in [3.63, 3.8) is 0 Å². The number of carbonyl (C=O) groups excluding carboxylic acids is 1. The van der Waals surface area contributed by atoms with Gasteiger partial charge in [0.05, 0.1) is 19.4 Å². The minimum atomic E-state index is -0.470. The molecule has 0 radical (unpaired) electrons. The molecule has 3 rings (SSSR count). The molecule has 2 saturated heterocycles. The smallest absolute Gasteiger partial charge is 0.321 e. The lowest BCUT2D eigenvalue weighted by molar-refractivity contribution is 0.154. The minimum absolute atomic E-state index is 0.101. The van der Waals surface area contributed by atoms with Crippen molar-refractivity contribution in [2.75, 3.05) is 38.7 Å². The zero-order valence-electron chi connectivity index (χ0n) is 12.0. The zero-order valence-corrected chi connectivity index (χ0v) is 12.0. The maximum Gasteiger partial charge on any atom is 0.321 e. The Morgan fingerprint density at radius 1 is 1.48 bits per heavy atom. The van der Waals surface area contributed by atoms with Crippen LogP contribution in [0.4, 0.5) is 14.9 Å². The first-order chi connectivity index (χ1) is 10.1. The van der Waals surface area contributed by atoms with Gasteiger partial charge in [0.1, 0.15) is 11.6 Å². The van der Waals surface area contributed by atoms with E-state index in [2.05, 4.69) is 5.32 Å². The summed E-state index contributed by atoms with van der Waals surface area (Å²) in [5.74, 6) is 0.0380. The van der Waals surface area contributed by atoms with Crippen LogP contribution in [0.2, 0.25) is 0 Å².